The monoisotopic (exact) mass is 410 g/mol. The molecule has 0 atom stereocenters. The van der Waals surface area contributed by atoms with E-state index in [1.54, 1.807) is 0 Å². The SMILES string of the molecule is CNCCN(C)CCN1CCC(OC(=O)Nc2ccccc2-c2ccccc2)CC1. The summed E-state index contributed by atoms with van der Waals surface area (Å²) in [6.07, 6.45) is 1.37. The number of likely N-dealkylation sites (tertiary alicyclic amines) is 1. The van der Waals surface area contributed by atoms with Crippen LogP contribution in [0.3, 0.4) is 0 Å². The average molecular weight is 411 g/mol. The summed E-state index contributed by atoms with van der Waals surface area (Å²) >= 11 is 0. The quantitative estimate of drug-likeness (QED) is 0.663. The largest absolute Gasteiger partial charge is 0.446 e. The van der Waals surface area contributed by atoms with Gasteiger partial charge >= 0.3 is 6.09 Å². The molecule has 0 bridgehead atoms. The number of amides is 1. The molecule has 2 aromatic carbocycles. The van der Waals surface area contributed by atoms with E-state index in [9.17, 15) is 4.79 Å². The summed E-state index contributed by atoms with van der Waals surface area (Å²) in [6, 6.07) is 17.9. The van der Waals surface area contributed by atoms with Gasteiger partial charge in [-0.2, -0.15) is 0 Å². The summed E-state index contributed by atoms with van der Waals surface area (Å²) in [6.45, 7) is 6.13. The van der Waals surface area contributed by atoms with Crippen molar-refractivity contribution in [1.29, 1.82) is 0 Å². The summed E-state index contributed by atoms with van der Waals surface area (Å²) in [4.78, 5) is 17.3. The van der Waals surface area contributed by atoms with Gasteiger partial charge in [-0.05, 0) is 38.6 Å². The minimum atomic E-state index is -0.372. The highest BCUT2D eigenvalue weighted by Crippen LogP contribution is 2.28. The van der Waals surface area contributed by atoms with Gasteiger partial charge < -0.3 is 19.9 Å². The Hall–Kier alpha value is -2.41. The van der Waals surface area contributed by atoms with Crippen LogP contribution in [-0.2, 0) is 4.74 Å². The van der Waals surface area contributed by atoms with Gasteiger partial charge in [0, 0.05) is 44.8 Å². The first-order valence-electron chi connectivity index (χ1n) is 10.8. The highest BCUT2D eigenvalue weighted by molar-refractivity contribution is 5.91. The lowest BCUT2D eigenvalue weighted by Gasteiger charge is -2.32. The van der Waals surface area contributed by atoms with Gasteiger partial charge in [-0.3, -0.25) is 5.32 Å². The number of hydrogen-bond acceptors (Lipinski definition) is 5. The van der Waals surface area contributed by atoms with Crippen LogP contribution in [0.1, 0.15) is 12.8 Å². The zero-order chi connectivity index (χ0) is 21.2. The second kappa shape index (κ2) is 11.7. The first-order valence-corrected chi connectivity index (χ1v) is 10.8. The molecule has 162 valence electrons. The number of para-hydroxylation sites is 1. The minimum absolute atomic E-state index is 0.0211. The fraction of sp³-hybridized carbons (Fsp3) is 0.458. The molecule has 1 aliphatic rings. The summed E-state index contributed by atoms with van der Waals surface area (Å²) in [5.41, 5.74) is 2.84. The van der Waals surface area contributed by atoms with E-state index in [1.807, 2.05) is 61.6 Å². The van der Waals surface area contributed by atoms with E-state index in [-0.39, 0.29) is 12.2 Å². The molecule has 0 unspecified atom stereocenters. The van der Waals surface area contributed by atoms with Crippen LogP contribution >= 0.6 is 0 Å². The maximum atomic E-state index is 12.5. The Morgan fingerprint density at radius 1 is 1.07 bits per heavy atom. The number of piperidine rings is 1. The molecule has 1 fully saturated rings. The number of ether oxygens (including phenoxy) is 1. The predicted molar refractivity (Wildman–Crippen MR) is 123 cm³/mol. The Labute approximate surface area is 180 Å². The third kappa shape index (κ3) is 6.83. The molecule has 0 saturated carbocycles. The maximum absolute atomic E-state index is 12.5. The van der Waals surface area contributed by atoms with Gasteiger partial charge in [0.1, 0.15) is 6.10 Å². The molecular weight excluding hydrogens is 376 g/mol. The molecule has 2 N–H and O–H groups in total. The fourth-order valence-corrected chi connectivity index (χ4v) is 3.73. The Bertz CT molecular complexity index is 776. The Kier molecular flexibility index (Phi) is 8.68. The first kappa shape index (κ1) is 22.3. The lowest BCUT2D eigenvalue weighted by Crippen LogP contribution is -2.42. The third-order valence-electron chi connectivity index (χ3n) is 5.60. The van der Waals surface area contributed by atoms with Gasteiger partial charge in [-0.1, -0.05) is 48.5 Å². The normalized spacial score (nSPS) is 15.3. The number of nitrogens with one attached hydrogen (secondary N) is 2. The molecule has 0 aliphatic carbocycles. The summed E-state index contributed by atoms with van der Waals surface area (Å²) in [5.74, 6) is 0. The zero-order valence-electron chi connectivity index (χ0n) is 18.1. The van der Waals surface area contributed by atoms with Crippen molar-refractivity contribution in [3.63, 3.8) is 0 Å². The number of rotatable bonds is 9. The van der Waals surface area contributed by atoms with E-state index in [4.69, 9.17) is 4.74 Å². The Morgan fingerprint density at radius 2 is 1.77 bits per heavy atom. The first-order chi connectivity index (χ1) is 14.7. The van der Waals surface area contributed by atoms with Crippen molar-refractivity contribution in [2.75, 3.05) is 58.7 Å². The van der Waals surface area contributed by atoms with Crippen molar-refractivity contribution in [2.24, 2.45) is 0 Å². The summed E-state index contributed by atoms with van der Waals surface area (Å²) in [7, 11) is 4.14. The summed E-state index contributed by atoms with van der Waals surface area (Å²) in [5, 5.41) is 6.12. The number of benzene rings is 2. The van der Waals surface area contributed by atoms with Gasteiger partial charge in [0.15, 0.2) is 0 Å². The summed E-state index contributed by atoms with van der Waals surface area (Å²) < 4.78 is 5.72. The fourth-order valence-electron chi connectivity index (χ4n) is 3.73. The van der Waals surface area contributed by atoms with Crippen LogP contribution in [0.25, 0.3) is 11.1 Å². The molecule has 1 amide bonds. The van der Waals surface area contributed by atoms with Gasteiger partial charge in [-0.25, -0.2) is 4.79 Å². The molecule has 1 heterocycles. The van der Waals surface area contributed by atoms with Crippen LogP contribution in [0.2, 0.25) is 0 Å². The topological polar surface area (TPSA) is 56.8 Å². The maximum Gasteiger partial charge on any atom is 0.411 e. The van der Waals surface area contributed by atoms with Crippen molar-refractivity contribution in [2.45, 2.75) is 18.9 Å². The molecule has 2 aromatic rings. The van der Waals surface area contributed by atoms with Crippen LogP contribution < -0.4 is 10.6 Å². The van der Waals surface area contributed by atoms with Gasteiger partial charge in [0.2, 0.25) is 0 Å². The third-order valence-corrected chi connectivity index (χ3v) is 5.60. The molecule has 3 rings (SSSR count). The van der Waals surface area contributed by atoms with Crippen molar-refractivity contribution >= 4 is 11.8 Å². The number of carbonyl (C=O) groups is 1. The predicted octanol–water partition coefficient (Wildman–Crippen LogP) is 3.52. The van der Waals surface area contributed by atoms with Crippen LogP contribution in [0, 0.1) is 0 Å². The number of hydrogen-bond donors (Lipinski definition) is 2. The highest BCUT2D eigenvalue weighted by Gasteiger charge is 2.22. The Balaban J connectivity index is 1.44. The average Bonchev–Trinajstić information content (AvgIpc) is 2.78. The smallest absolute Gasteiger partial charge is 0.411 e. The van der Waals surface area contributed by atoms with Crippen molar-refractivity contribution in [3.05, 3.63) is 54.6 Å². The van der Waals surface area contributed by atoms with Gasteiger partial charge in [-0.15, -0.1) is 0 Å². The van der Waals surface area contributed by atoms with Crippen molar-refractivity contribution < 1.29 is 9.53 Å². The second-order valence-corrected chi connectivity index (χ2v) is 7.89. The minimum Gasteiger partial charge on any atom is -0.446 e. The highest BCUT2D eigenvalue weighted by atomic mass is 16.6. The molecule has 1 saturated heterocycles. The number of carbonyl (C=O) groups excluding carboxylic acids is 1. The van der Waals surface area contributed by atoms with Crippen LogP contribution in [0.15, 0.2) is 54.6 Å². The standard InChI is InChI=1S/C24H34N4O2/c1-25-14-17-27(2)18-19-28-15-12-21(13-16-28)30-24(29)26-23-11-7-6-10-22(23)20-8-4-3-5-9-20/h3-11,21,25H,12-19H2,1-2H3,(H,26,29). The molecule has 30 heavy (non-hydrogen) atoms. The van der Waals surface area contributed by atoms with E-state index < -0.39 is 0 Å². The van der Waals surface area contributed by atoms with Gasteiger partial charge in [0.05, 0.1) is 5.69 Å². The molecule has 0 spiro atoms. The van der Waals surface area contributed by atoms with Crippen LogP contribution in [-0.4, -0.2) is 75.4 Å². The number of anilines is 1. The lowest BCUT2D eigenvalue weighted by molar-refractivity contribution is 0.0566. The second-order valence-electron chi connectivity index (χ2n) is 7.89. The molecule has 6 heteroatoms. The number of likely N-dealkylation sites (N-methyl/N-ethyl adjacent to an activating group) is 2. The van der Waals surface area contributed by atoms with E-state index in [1.165, 1.54) is 0 Å². The van der Waals surface area contributed by atoms with Crippen molar-refractivity contribution in [3.8, 4) is 11.1 Å². The van der Waals surface area contributed by atoms with E-state index in [0.29, 0.717) is 0 Å². The van der Waals surface area contributed by atoms with Gasteiger partial charge in [0.25, 0.3) is 0 Å². The van der Waals surface area contributed by atoms with E-state index >= 15 is 0 Å². The zero-order valence-corrected chi connectivity index (χ0v) is 18.1. The molecular formula is C24H34N4O2. The molecule has 0 radical (unpaired) electrons. The molecule has 1 aliphatic heterocycles. The van der Waals surface area contributed by atoms with Crippen LogP contribution in [0.4, 0.5) is 10.5 Å². The Morgan fingerprint density at radius 3 is 2.50 bits per heavy atom. The lowest BCUT2D eigenvalue weighted by atomic mass is 10.0. The number of nitrogens with zero attached hydrogens (tertiary/aromatic N) is 2. The van der Waals surface area contributed by atoms with Crippen molar-refractivity contribution in [1.82, 2.24) is 15.1 Å². The molecule has 6 nitrogen and oxygen atoms in total. The molecule has 0 aromatic heterocycles. The van der Waals surface area contributed by atoms with E-state index in [0.717, 1.165) is 68.9 Å². The van der Waals surface area contributed by atoms with Crippen LogP contribution in [0.5, 0.6) is 0 Å². The van der Waals surface area contributed by atoms with E-state index in [2.05, 4.69) is 27.5 Å².